The van der Waals surface area contributed by atoms with E-state index in [-0.39, 0.29) is 6.61 Å². The van der Waals surface area contributed by atoms with Crippen LogP contribution < -0.4 is 0 Å². The van der Waals surface area contributed by atoms with Gasteiger partial charge in [-0.2, -0.15) is 0 Å². The van der Waals surface area contributed by atoms with Crippen molar-refractivity contribution in [3.8, 4) is 11.3 Å². The molecule has 0 amide bonds. The van der Waals surface area contributed by atoms with Gasteiger partial charge in [-0.05, 0) is 0 Å². The van der Waals surface area contributed by atoms with E-state index in [1.807, 2.05) is 36.4 Å². The normalized spacial score (nSPS) is 16.7. The van der Waals surface area contributed by atoms with Crippen molar-refractivity contribution < 1.29 is 9.63 Å². The highest BCUT2D eigenvalue weighted by molar-refractivity contribution is 5.58. The third-order valence-electron chi connectivity index (χ3n) is 3.30. The van der Waals surface area contributed by atoms with Crippen LogP contribution in [0.2, 0.25) is 0 Å². The van der Waals surface area contributed by atoms with Gasteiger partial charge in [0.1, 0.15) is 5.69 Å². The summed E-state index contributed by atoms with van der Waals surface area (Å²) in [6.07, 6.45) is 0. The largest absolute Gasteiger partial charge is 0.396 e. The average Bonchev–Trinajstić information content (AvgIpc) is 2.83. The summed E-state index contributed by atoms with van der Waals surface area (Å²) in [6, 6.07) is 12.0. The van der Waals surface area contributed by atoms with Crippen LogP contribution in [0.3, 0.4) is 0 Å². The van der Waals surface area contributed by atoms with Crippen LogP contribution in [0.1, 0.15) is 5.76 Å². The van der Waals surface area contributed by atoms with E-state index in [1.54, 1.807) is 0 Å². The number of aliphatic hydroxyl groups excluding tert-OH is 1. The summed E-state index contributed by atoms with van der Waals surface area (Å²) >= 11 is 0. The Labute approximate surface area is 106 Å². The lowest BCUT2D eigenvalue weighted by Gasteiger charge is -2.37. The highest BCUT2D eigenvalue weighted by atomic mass is 16.5. The lowest BCUT2D eigenvalue weighted by atomic mass is 10.0. The number of aromatic nitrogens is 1. The van der Waals surface area contributed by atoms with E-state index < -0.39 is 0 Å². The molecule has 0 bridgehead atoms. The molecule has 1 N–H and O–H groups in total. The van der Waals surface area contributed by atoms with E-state index in [0.717, 1.165) is 36.7 Å². The van der Waals surface area contributed by atoms with Gasteiger partial charge in [0.2, 0.25) is 0 Å². The Morgan fingerprint density at radius 1 is 1.28 bits per heavy atom. The van der Waals surface area contributed by atoms with Crippen molar-refractivity contribution in [2.24, 2.45) is 5.92 Å². The van der Waals surface area contributed by atoms with Crippen molar-refractivity contribution in [2.75, 3.05) is 19.7 Å². The maximum atomic E-state index is 8.96. The summed E-state index contributed by atoms with van der Waals surface area (Å²) in [5.74, 6) is 1.31. The molecule has 2 heterocycles. The summed E-state index contributed by atoms with van der Waals surface area (Å²) in [5, 5.41) is 13.0. The first-order valence-corrected chi connectivity index (χ1v) is 6.19. The van der Waals surface area contributed by atoms with Gasteiger partial charge >= 0.3 is 0 Å². The summed E-state index contributed by atoms with van der Waals surface area (Å²) < 4.78 is 5.34. The molecule has 1 aliphatic heterocycles. The van der Waals surface area contributed by atoms with Crippen molar-refractivity contribution in [2.45, 2.75) is 6.54 Å². The van der Waals surface area contributed by atoms with Crippen LogP contribution in [0.4, 0.5) is 0 Å². The first kappa shape index (κ1) is 11.4. The minimum absolute atomic E-state index is 0.280. The molecule has 0 radical (unpaired) electrons. The van der Waals surface area contributed by atoms with Gasteiger partial charge in [-0.15, -0.1) is 0 Å². The minimum Gasteiger partial charge on any atom is -0.396 e. The molecule has 0 atom stereocenters. The van der Waals surface area contributed by atoms with E-state index >= 15 is 0 Å². The van der Waals surface area contributed by atoms with Gasteiger partial charge in [-0.3, -0.25) is 4.90 Å². The maximum Gasteiger partial charge on any atom is 0.151 e. The molecular weight excluding hydrogens is 228 g/mol. The lowest BCUT2D eigenvalue weighted by molar-refractivity contribution is 0.0415. The second-order valence-corrected chi connectivity index (χ2v) is 4.79. The fraction of sp³-hybridized carbons (Fsp3) is 0.357. The summed E-state index contributed by atoms with van der Waals surface area (Å²) in [5.41, 5.74) is 1.95. The molecule has 4 nitrogen and oxygen atoms in total. The Kier molecular flexibility index (Phi) is 3.13. The highest BCUT2D eigenvalue weighted by Gasteiger charge is 2.26. The van der Waals surface area contributed by atoms with E-state index in [4.69, 9.17) is 9.63 Å². The Balaban J connectivity index is 1.64. The van der Waals surface area contributed by atoms with Gasteiger partial charge in [0.05, 0.1) is 6.54 Å². The van der Waals surface area contributed by atoms with Crippen molar-refractivity contribution in [3.05, 3.63) is 42.2 Å². The van der Waals surface area contributed by atoms with Gasteiger partial charge in [0.25, 0.3) is 0 Å². The molecule has 0 aliphatic carbocycles. The molecule has 4 heteroatoms. The molecule has 3 rings (SSSR count). The van der Waals surface area contributed by atoms with Gasteiger partial charge in [0.15, 0.2) is 5.76 Å². The number of benzene rings is 1. The van der Waals surface area contributed by atoms with Crippen LogP contribution in [0.25, 0.3) is 11.3 Å². The number of hydrogen-bond acceptors (Lipinski definition) is 4. The van der Waals surface area contributed by atoms with E-state index in [0.29, 0.717) is 5.92 Å². The Morgan fingerprint density at radius 3 is 2.78 bits per heavy atom. The quantitative estimate of drug-likeness (QED) is 0.890. The Hall–Kier alpha value is -1.65. The Morgan fingerprint density at radius 2 is 2.06 bits per heavy atom. The SMILES string of the molecule is OCC1CN(Cc2cc(-c3ccccc3)no2)C1. The lowest BCUT2D eigenvalue weighted by Crippen LogP contribution is -2.47. The van der Waals surface area contributed by atoms with Gasteiger partial charge in [-0.25, -0.2) is 0 Å². The monoisotopic (exact) mass is 244 g/mol. The molecule has 2 aromatic rings. The zero-order valence-corrected chi connectivity index (χ0v) is 10.1. The standard InChI is InChI=1S/C14H16N2O2/c17-10-11-7-16(8-11)9-13-6-14(15-18-13)12-4-2-1-3-5-12/h1-6,11,17H,7-10H2. The summed E-state index contributed by atoms with van der Waals surface area (Å²) in [6.45, 7) is 2.94. The number of nitrogens with zero attached hydrogens (tertiary/aromatic N) is 2. The smallest absolute Gasteiger partial charge is 0.151 e. The zero-order valence-electron chi connectivity index (χ0n) is 10.1. The third kappa shape index (κ3) is 2.30. The topological polar surface area (TPSA) is 49.5 Å². The van der Waals surface area contributed by atoms with Crippen LogP contribution in [0.5, 0.6) is 0 Å². The maximum absolute atomic E-state index is 8.96. The van der Waals surface area contributed by atoms with E-state index in [1.165, 1.54) is 0 Å². The van der Waals surface area contributed by atoms with E-state index in [2.05, 4.69) is 10.1 Å². The third-order valence-corrected chi connectivity index (χ3v) is 3.30. The van der Waals surface area contributed by atoms with Crippen molar-refractivity contribution in [3.63, 3.8) is 0 Å². The van der Waals surface area contributed by atoms with Crippen LogP contribution >= 0.6 is 0 Å². The second-order valence-electron chi connectivity index (χ2n) is 4.79. The summed E-state index contributed by atoms with van der Waals surface area (Å²) in [4.78, 5) is 2.25. The Bertz CT molecular complexity index is 504. The predicted octanol–water partition coefficient (Wildman–Crippen LogP) is 1.77. The molecule has 18 heavy (non-hydrogen) atoms. The highest BCUT2D eigenvalue weighted by Crippen LogP contribution is 2.22. The van der Waals surface area contributed by atoms with Gasteiger partial charge < -0.3 is 9.63 Å². The second kappa shape index (κ2) is 4.92. The van der Waals surface area contributed by atoms with Crippen molar-refractivity contribution >= 4 is 0 Å². The molecule has 0 saturated carbocycles. The fourth-order valence-corrected chi connectivity index (χ4v) is 2.27. The first-order chi connectivity index (χ1) is 8.85. The zero-order chi connectivity index (χ0) is 12.4. The van der Waals surface area contributed by atoms with Crippen LogP contribution in [0.15, 0.2) is 40.9 Å². The molecule has 94 valence electrons. The number of likely N-dealkylation sites (tertiary alicyclic amines) is 1. The predicted molar refractivity (Wildman–Crippen MR) is 67.8 cm³/mol. The minimum atomic E-state index is 0.280. The molecule has 0 spiro atoms. The van der Waals surface area contributed by atoms with Crippen molar-refractivity contribution in [1.29, 1.82) is 0 Å². The molecule has 1 saturated heterocycles. The van der Waals surface area contributed by atoms with Crippen molar-refractivity contribution in [1.82, 2.24) is 10.1 Å². The molecule has 1 aliphatic rings. The summed E-state index contributed by atoms with van der Waals surface area (Å²) in [7, 11) is 0. The number of rotatable bonds is 4. The fourth-order valence-electron chi connectivity index (χ4n) is 2.27. The van der Waals surface area contributed by atoms with Gasteiger partial charge in [0, 0.05) is 37.2 Å². The molecule has 1 aromatic carbocycles. The molecule has 0 unspecified atom stereocenters. The molecular formula is C14H16N2O2. The molecule has 1 aromatic heterocycles. The van der Waals surface area contributed by atoms with Crippen LogP contribution in [-0.4, -0.2) is 34.9 Å². The number of hydrogen-bond donors (Lipinski definition) is 1. The molecule has 1 fully saturated rings. The van der Waals surface area contributed by atoms with Crippen LogP contribution in [0, 0.1) is 5.92 Å². The first-order valence-electron chi connectivity index (χ1n) is 6.19. The van der Waals surface area contributed by atoms with E-state index in [9.17, 15) is 0 Å². The number of aliphatic hydroxyl groups is 1. The average molecular weight is 244 g/mol. The van der Waals surface area contributed by atoms with Crippen LogP contribution in [-0.2, 0) is 6.54 Å². The van der Waals surface area contributed by atoms with Gasteiger partial charge in [-0.1, -0.05) is 35.5 Å².